The van der Waals surface area contributed by atoms with E-state index in [4.69, 9.17) is 11.6 Å². The van der Waals surface area contributed by atoms with Crippen LogP contribution in [0.5, 0.6) is 0 Å². The minimum atomic E-state index is 0.468. The Hall–Kier alpha value is -1.16. The predicted octanol–water partition coefficient (Wildman–Crippen LogP) is 2.83. The summed E-state index contributed by atoms with van der Waals surface area (Å²) in [5.74, 6) is 1.57. The van der Waals surface area contributed by atoms with Crippen molar-refractivity contribution >= 4 is 17.2 Å². The third-order valence-electron chi connectivity index (χ3n) is 3.26. The number of nitrogens with zero attached hydrogens (tertiary/aromatic N) is 4. The molecule has 16 heavy (non-hydrogen) atoms. The highest BCUT2D eigenvalue weighted by Gasteiger charge is 2.20. The van der Waals surface area contributed by atoms with Gasteiger partial charge in [-0.25, -0.2) is 4.98 Å². The van der Waals surface area contributed by atoms with Crippen LogP contribution in [0.15, 0.2) is 12.4 Å². The highest BCUT2D eigenvalue weighted by molar-refractivity contribution is 6.29. The van der Waals surface area contributed by atoms with E-state index in [0.717, 1.165) is 11.5 Å². The number of hydrogen-bond donors (Lipinski definition) is 0. The lowest BCUT2D eigenvalue weighted by molar-refractivity contribution is 0.426. The molecule has 1 fully saturated rings. The van der Waals surface area contributed by atoms with Crippen molar-refractivity contribution in [2.75, 3.05) is 0 Å². The van der Waals surface area contributed by atoms with E-state index in [9.17, 15) is 0 Å². The van der Waals surface area contributed by atoms with Gasteiger partial charge < -0.3 is 0 Å². The van der Waals surface area contributed by atoms with Gasteiger partial charge >= 0.3 is 0 Å². The topological polar surface area (TPSA) is 43.1 Å². The first-order chi connectivity index (χ1) is 7.84. The van der Waals surface area contributed by atoms with Crippen molar-refractivity contribution < 1.29 is 0 Å². The van der Waals surface area contributed by atoms with Crippen molar-refractivity contribution in [2.45, 2.75) is 38.0 Å². The summed E-state index contributed by atoms with van der Waals surface area (Å²) in [6, 6.07) is 1.75. The lowest BCUT2D eigenvalue weighted by Crippen LogP contribution is -2.08. The average molecular weight is 237 g/mol. The summed E-state index contributed by atoms with van der Waals surface area (Å²) >= 11 is 5.82. The van der Waals surface area contributed by atoms with Crippen LogP contribution in [0.25, 0.3) is 5.65 Å². The lowest BCUT2D eigenvalue weighted by Gasteiger charge is -2.19. The van der Waals surface area contributed by atoms with Gasteiger partial charge in [0, 0.05) is 12.0 Å². The molecule has 0 N–H and O–H groups in total. The Kier molecular flexibility index (Phi) is 2.52. The second kappa shape index (κ2) is 4.01. The Morgan fingerprint density at radius 1 is 1.19 bits per heavy atom. The summed E-state index contributed by atoms with van der Waals surface area (Å²) in [6.45, 7) is 0. The fraction of sp³-hybridized carbons (Fsp3) is 0.545. The minimum Gasteiger partial charge on any atom is -0.269 e. The molecule has 0 aliphatic heterocycles. The first-order valence-corrected chi connectivity index (χ1v) is 6.08. The maximum absolute atomic E-state index is 5.82. The van der Waals surface area contributed by atoms with Gasteiger partial charge in [-0.05, 0) is 12.8 Å². The normalized spacial score (nSPS) is 18.1. The highest BCUT2D eigenvalue weighted by Crippen LogP contribution is 2.31. The molecule has 0 bridgehead atoms. The van der Waals surface area contributed by atoms with Crippen molar-refractivity contribution in [2.24, 2.45) is 0 Å². The van der Waals surface area contributed by atoms with Crippen molar-refractivity contribution in [3.8, 4) is 0 Å². The van der Waals surface area contributed by atoms with Crippen LogP contribution in [0.4, 0.5) is 0 Å². The summed E-state index contributed by atoms with van der Waals surface area (Å²) in [6.07, 6.45) is 8.08. The molecule has 1 aliphatic rings. The first kappa shape index (κ1) is 10.0. The molecular formula is C11H13ClN4. The van der Waals surface area contributed by atoms with Crippen LogP contribution in [0, 0.1) is 0 Å². The summed E-state index contributed by atoms with van der Waals surface area (Å²) < 4.78 is 1.96. The summed E-state index contributed by atoms with van der Waals surface area (Å²) in [7, 11) is 0. The molecule has 84 valence electrons. The van der Waals surface area contributed by atoms with Crippen LogP contribution in [-0.2, 0) is 0 Å². The van der Waals surface area contributed by atoms with Gasteiger partial charge in [-0.1, -0.05) is 30.9 Å². The summed E-state index contributed by atoms with van der Waals surface area (Å²) in [5, 5.41) is 8.89. The van der Waals surface area contributed by atoms with Crippen molar-refractivity contribution in [1.82, 2.24) is 19.6 Å². The van der Waals surface area contributed by atoms with Crippen LogP contribution >= 0.6 is 11.6 Å². The molecule has 0 atom stereocenters. The van der Waals surface area contributed by atoms with Gasteiger partial charge in [-0.3, -0.25) is 4.40 Å². The molecule has 0 amide bonds. The molecule has 3 rings (SSSR count). The van der Waals surface area contributed by atoms with Gasteiger partial charge in [0.1, 0.15) is 17.3 Å². The zero-order chi connectivity index (χ0) is 11.0. The fourth-order valence-corrected chi connectivity index (χ4v) is 2.57. The highest BCUT2D eigenvalue weighted by atomic mass is 35.5. The van der Waals surface area contributed by atoms with Crippen LogP contribution < -0.4 is 0 Å². The zero-order valence-corrected chi connectivity index (χ0v) is 9.69. The number of hydrogen-bond acceptors (Lipinski definition) is 3. The van der Waals surface area contributed by atoms with Crippen molar-refractivity contribution in [1.29, 1.82) is 0 Å². The molecule has 1 saturated carbocycles. The molecular weight excluding hydrogens is 224 g/mol. The Bertz CT molecular complexity index is 502. The molecule has 1 aliphatic carbocycles. The van der Waals surface area contributed by atoms with Crippen LogP contribution in [-0.4, -0.2) is 19.6 Å². The van der Waals surface area contributed by atoms with E-state index in [1.807, 2.05) is 4.40 Å². The van der Waals surface area contributed by atoms with Crippen LogP contribution in [0.3, 0.4) is 0 Å². The average Bonchev–Trinajstić information content (AvgIpc) is 2.73. The molecule has 4 nitrogen and oxygen atoms in total. The van der Waals surface area contributed by atoms with E-state index < -0.39 is 0 Å². The lowest BCUT2D eigenvalue weighted by atomic mass is 9.89. The molecule has 0 radical (unpaired) electrons. The van der Waals surface area contributed by atoms with E-state index in [0.29, 0.717) is 11.1 Å². The van der Waals surface area contributed by atoms with Gasteiger partial charge in [-0.2, -0.15) is 0 Å². The second-order valence-electron chi connectivity index (χ2n) is 4.33. The summed E-state index contributed by atoms with van der Waals surface area (Å²) in [4.78, 5) is 4.08. The van der Waals surface area contributed by atoms with Gasteiger partial charge in [0.15, 0.2) is 5.65 Å². The van der Waals surface area contributed by atoms with E-state index in [2.05, 4.69) is 15.2 Å². The zero-order valence-electron chi connectivity index (χ0n) is 8.93. The molecule has 0 unspecified atom stereocenters. The Morgan fingerprint density at radius 3 is 2.81 bits per heavy atom. The molecule has 2 aromatic rings. The molecule has 0 spiro atoms. The number of fused-ring (bicyclic) bond motifs is 1. The Labute approximate surface area is 98.7 Å². The quantitative estimate of drug-likeness (QED) is 0.715. The second-order valence-corrected chi connectivity index (χ2v) is 4.72. The largest absolute Gasteiger partial charge is 0.269 e. The van der Waals surface area contributed by atoms with Crippen LogP contribution in [0.2, 0.25) is 5.15 Å². The smallest absolute Gasteiger partial charge is 0.165 e. The first-order valence-electron chi connectivity index (χ1n) is 5.71. The third kappa shape index (κ3) is 1.67. The van der Waals surface area contributed by atoms with Crippen LogP contribution in [0.1, 0.15) is 43.8 Å². The number of halogens is 1. The van der Waals surface area contributed by atoms with E-state index >= 15 is 0 Å². The third-order valence-corrected chi connectivity index (χ3v) is 3.47. The van der Waals surface area contributed by atoms with Crippen molar-refractivity contribution in [3.05, 3.63) is 23.4 Å². The molecule has 2 aromatic heterocycles. The summed E-state index contributed by atoms with van der Waals surface area (Å²) in [5.41, 5.74) is 0.792. The number of aromatic nitrogens is 4. The standard InChI is InChI=1S/C11H13ClN4/c12-9-6-10-14-15-11(16(10)7-13-9)8-4-2-1-3-5-8/h6-8H,1-5H2. The maximum atomic E-state index is 5.82. The van der Waals surface area contributed by atoms with E-state index in [1.54, 1.807) is 12.4 Å². The number of rotatable bonds is 1. The molecule has 2 heterocycles. The fourth-order valence-electron chi connectivity index (χ4n) is 2.43. The SMILES string of the molecule is Clc1cc2nnc(C3CCCCC3)n2cn1. The molecule has 0 aromatic carbocycles. The van der Waals surface area contributed by atoms with Gasteiger partial charge in [0.2, 0.25) is 0 Å². The van der Waals surface area contributed by atoms with E-state index in [1.165, 1.54) is 32.1 Å². The Morgan fingerprint density at radius 2 is 2.00 bits per heavy atom. The van der Waals surface area contributed by atoms with Crippen molar-refractivity contribution in [3.63, 3.8) is 0 Å². The van der Waals surface area contributed by atoms with Gasteiger partial charge in [-0.15, -0.1) is 10.2 Å². The molecule has 5 heteroatoms. The van der Waals surface area contributed by atoms with E-state index in [-0.39, 0.29) is 0 Å². The monoisotopic (exact) mass is 236 g/mol. The van der Waals surface area contributed by atoms with Gasteiger partial charge in [0.05, 0.1) is 0 Å². The predicted molar refractivity (Wildman–Crippen MR) is 61.6 cm³/mol. The Balaban J connectivity index is 2.03. The maximum Gasteiger partial charge on any atom is 0.165 e. The molecule has 0 saturated heterocycles. The minimum absolute atomic E-state index is 0.468. The van der Waals surface area contributed by atoms with Gasteiger partial charge in [0.25, 0.3) is 0 Å².